The second-order valence-electron chi connectivity index (χ2n) is 15.8. The van der Waals surface area contributed by atoms with E-state index in [4.69, 9.17) is 18.0 Å². The Balaban J connectivity index is 1.66. The van der Waals surface area contributed by atoms with Gasteiger partial charge in [0.2, 0.25) is 5.71 Å². The fourth-order valence-electron chi connectivity index (χ4n) is 9.15. The lowest BCUT2D eigenvalue weighted by molar-refractivity contribution is -0.528. The van der Waals surface area contributed by atoms with Crippen molar-refractivity contribution < 1.29 is 19.9 Å². The molecule has 6 N–H and O–H groups in total. The number of nitrogens with two attached hydrogens (primary N) is 2. The Kier molecular flexibility index (Phi) is 12.2. The number of unbranched alkanes of at least 4 members (excludes halogenated alkanes) is 4. The van der Waals surface area contributed by atoms with E-state index in [2.05, 4.69) is 48.1 Å². The highest BCUT2D eigenvalue weighted by Gasteiger charge is 2.41. The van der Waals surface area contributed by atoms with Gasteiger partial charge in [0, 0.05) is 86.7 Å². The summed E-state index contributed by atoms with van der Waals surface area (Å²) in [5, 5.41) is 52.9. The van der Waals surface area contributed by atoms with Crippen LogP contribution < -0.4 is 21.5 Å². The van der Waals surface area contributed by atoms with Gasteiger partial charge in [0.1, 0.15) is 24.6 Å². The third kappa shape index (κ3) is 6.88. The zero-order chi connectivity index (χ0) is 42.7. The van der Waals surface area contributed by atoms with Gasteiger partial charge in [-0.3, -0.25) is 0 Å². The van der Waals surface area contributed by atoms with Crippen molar-refractivity contribution in [1.29, 1.82) is 5.26 Å². The number of nitrogens with zero attached hydrogens (tertiary/aromatic N) is 4. The van der Waals surface area contributed by atoms with Crippen LogP contribution in [0.1, 0.15) is 107 Å². The Hall–Kier alpha value is -6.71. The van der Waals surface area contributed by atoms with Crippen LogP contribution in [-0.4, -0.2) is 46.7 Å². The van der Waals surface area contributed by atoms with Gasteiger partial charge in [-0.2, -0.15) is 0 Å². The van der Waals surface area contributed by atoms with Gasteiger partial charge in [0.15, 0.2) is 0 Å². The van der Waals surface area contributed by atoms with Crippen molar-refractivity contribution in [3.8, 4) is 17.6 Å². The highest BCUT2D eigenvalue weighted by Crippen LogP contribution is 2.58. The Morgan fingerprint density at radius 2 is 1.18 bits per heavy atom. The summed E-state index contributed by atoms with van der Waals surface area (Å²) in [5.41, 5.74) is 19.6. The molecule has 9 nitrogen and oxygen atoms in total. The first-order valence-electron chi connectivity index (χ1n) is 21.4. The van der Waals surface area contributed by atoms with Gasteiger partial charge in [-0.05, 0) is 60.4 Å². The van der Waals surface area contributed by atoms with E-state index in [0.717, 1.165) is 99.7 Å². The van der Waals surface area contributed by atoms with Crippen LogP contribution in [-0.2, 0) is 0 Å². The third-order valence-electron chi connectivity index (χ3n) is 12.0. The average Bonchev–Trinajstić information content (AvgIpc) is 3.24. The summed E-state index contributed by atoms with van der Waals surface area (Å²) in [4.78, 5) is 6.12. The van der Waals surface area contributed by atoms with Crippen molar-refractivity contribution >= 4 is 55.5 Å². The summed E-state index contributed by atoms with van der Waals surface area (Å²) in [6.07, 6.45) is 7.82. The molecule has 0 aromatic heterocycles. The molecule has 7 rings (SSSR count). The van der Waals surface area contributed by atoms with Crippen LogP contribution in [0.4, 0.5) is 17.1 Å². The number of hydrogen-bond acceptors (Lipinski definition) is 7. The van der Waals surface area contributed by atoms with E-state index in [1.807, 2.05) is 36.4 Å². The monoisotopic (exact) mass is 798 g/mol. The smallest absolute Gasteiger partial charge is 0.270 e. The molecular weight excluding hydrogens is 745 g/mol. The lowest BCUT2D eigenvalue weighted by atomic mass is 9.68. The normalized spacial score (nSPS) is 14.1. The van der Waals surface area contributed by atoms with Crippen LogP contribution in [0.15, 0.2) is 95.4 Å². The van der Waals surface area contributed by atoms with Crippen molar-refractivity contribution in [2.24, 2.45) is 0 Å². The highest BCUT2D eigenvalue weighted by atomic mass is 16.3. The SMILES string of the molecule is [C-]#[N+]/C(C#N)=C1\C(=C2c3c(O)cccc3C(=[N+](CCCC)CCCC)c3cccc(O)c32)C([O-])=C1c1c2c(N)cccc2c(N(CCCC)CCCC)c2cccc(N)c12. The molecule has 0 spiro atoms. The summed E-state index contributed by atoms with van der Waals surface area (Å²) < 4.78 is 2.32. The van der Waals surface area contributed by atoms with Crippen molar-refractivity contribution in [1.82, 2.24) is 0 Å². The first-order valence-corrected chi connectivity index (χ1v) is 21.4. The number of aromatic hydroxyl groups is 2. The maximum Gasteiger partial charge on any atom is 0.270 e. The van der Waals surface area contributed by atoms with E-state index in [1.165, 1.54) is 0 Å². The van der Waals surface area contributed by atoms with E-state index in [0.29, 0.717) is 50.0 Å². The van der Waals surface area contributed by atoms with Crippen LogP contribution in [0.5, 0.6) is 11.5 Å². The number of benzene rings is 5. The van der Waals surface area contributed by atoms with Gasteiger partial charge in [-0.15, -0.1) is 0 Å². The number of nitriles is 1. The van der Waals surface area contributed by atoms with E-state index >= 15 is 5.11 Å². The molecular formula is C51H54N6O3. The lowest BCUT2D eigenvalue weighted by Crippen LogP contribution is -2.31. The van der Waals surface area contributed by atoms with E-state index in [-0.39, 0.29) is 39.5 Å². The fourth-order valence-corrected chi connectivity index (χ4v) is 9.15. The number of hydrogen-bond donors (Lipinski definition) is 4. The standard InChI is InChI=1S/C51H54N6O3/c1-6-10-26-56(27-11-7-2)49-31-18-14-22-35(53)40(31)45(41-32(49)19-15-23-36(41)54)47-44(37(30-52)55-5)48(51(47)60)46-42-33(20-16-24-38(42)58)50(34-21-17-25-39(59)43(34)46)57(28-12-8-3)29-13-9-4/h14-25H,6-13,26-29,53-54H2,1-4H3,(H2-,58,59,60)/b44-37-. The molecule has 0 radical (unpaired) electrons. The molecule has 5 aromatic carbocycles. The Morgan fingerprint density at radius 3 is 1.63 bits per heavy atom. The summed E-state index contributed by atoms with van der Waals surface area (Å²) >= 11 is 0. The van der Waals surface area contributed by atoms with Gasteiger partial charge in [-0.1, -0.05) is 95.5 Å². The number of nitrogen functional groups attached to an aromatic ring is 2. The van der Waals surface area contributed by atoms with Gasteiger partial charge in [0.25, 0.3) is 5.70 Å². The predicted octanol–water partition coefficient (Wildman–Crippen LogP) is 10.0. The van der Waals surface area contributed by atoms with Crippen molar-refractivity contribution in [3.05, 3.63) is 135 Å². The third-order valence-corrected chi connectivity index (χ3v) is 12.0. The molecule has 2 aliphatic carbocycles. The Morgan fingerprint density at radius 1 is 0.700 bits per heavy atom. The molecule has 0 aliphatic heterocycles. The zero-order valence-corrected chi connectivity index (χ0v) is 35.2. The molecule has 5 aromatic rings. The zero-order valence-electron chi connectivity index (χ0n) is 35.2. The minimum atomic E-state index is -0.437. The van der Waals surface area contributed by atoms with Crippen molar-refractivity contribution in [3.63, 3.8) is 0 Å². The molecule has 0 atom stereocenters. The molecule has 0 saturated heterocycles. The minimum absolute atomic E-state index is 0.0812. The van der Waals surface area contributed by atoms with Gasteiger partial charge < -0.3 is 31.7 Å². The summed E-state index contributed by atoms with van der Waals surface area (Å²) in [6, 6.07) is 24.2. The molecule has 2 aliphatic rings. The van der Waals surface area contributed by atoms with E-state index < -0.39 is 5.76 Å². The maximum absolute atomic E-state index is 15.5. The molecule has 60 heavy (non-hydrogen) atoms. The van der Waals surface area contributed by atoms with E-state index in [9.17, 15) is 15.5 Å². The fraction of sp³-hybridized carbons (Fsp3) is 0.314. The van der Waals surface area contributed by atoms with Crippen molar-refractivity contribution in [2.75, 3.05) is 42.5 Å². The van der Waals surface area contributed by atoms with Gasteiger partial charge in [-0.25, -0.2) is 14.7 Å². The van der Waals surface area contributed by atoms with Crippen LogP contribution in [0, 0.1) is 17.9 Å². The topological polar surface area (TPSA) is 150 Å². The first kappa shape index (κ1) is 41.4. The molecule has 0 amide bonds. The second-order valence-corrected chi connectivity index (χ2v) is 15.8. The maximum atomic E-state index is 15.5. The summed E-state index contributed by atoms with van der Waals surface area (Å²) in [6.45, 7) is 20.1. The quantitative estimate of drug-likeness (QED) is 0.0282. The van der Waals surface area contributed by atoms with E-state index in [1.54, 1.807) is 36.4 Å². The van der Waals surface area contributed by atoms with Gasteiger partial charge >= 0.3 is 0 Å². The molecule has 9 heteroatoms. The number of phenolic OH excluding ortho intramolecular Hbond substituents is 2. The molecule has 0 bridgehead atoms. The molecule has 0 fully saturated rings. The molecule has 0 heterocycles. The molecule has 306 valence electrons. The average molecular weight is 799 g/mol. The van der Waals surface area contributed by atoms with Crippen LogP contribution in [0.3, 0.4) is 0 Å². The highest BCUT2D eigenvalue weighted by molar-refractivity contribution is 6.28. The number of anilines is 3. The largest absolute Gasteiger partial charge is 0.872 e. The Labute approximate surface area is 353 Å². The number of fused-ring (bicyclic) bond motifs is 4. The number of rotatable bonds is 14. The van der Waals surface area contributed by atoms with Crippen molar-refractivity contribution in [2.45, 2.75) is 79.1 Å². The minimum Gasteiger partial charge on any atom is -0.872 e. The predicted molar refractivity (Wildman–Crippen MR) is 244 cm³/mol. The van der Waals surface area contributed by atoms with Crippen LogP contribution in [0.2, 0.25) is 0 Å². The van der Waals surface area contributed by atoms with Crippen LogP contribution >= 0.6 is 0 Å². The molecule has 0 unspecified atom stereocenters. The molecule has 0 saturated carbocycles. The Bertz CT molecular complexity index is 2590. The summed E-state index contributed by atoms with van der Waals surface area (Å²) in [7, 11) is 0. The van der Waals surface area contributed by atoms with Gasteiger partial charge in [0.05, 0.1) is 29.5 Å². The summed E-state index contributed by atoms with van der Waals surface area (Å²) in [5.74, 6) is -0.600. The second kappa shape index (κ2) is 17.6. The first-order chi connectivity index (χ1) is 29.2. The van der Waals surface area contributed by atoms with Crippen LogP contribution in [0.25, 0.3) is 37.5 Å². The number of phenols is 2. The number of allylic oxidation sites excluding steroid dienone is 3. The lowest BCUT2D eigenvalue weighted by Gasteiger charge is -2.41.